The summed E-state index contributed by atoms with van der Waals surface area (Å²) in [6.45, 7) is 3.79. The number of halogens is 9. The van der Waals surface area contributed by atoms with Gasteiger partial charge in [-0.1, -0.05) is 18.1 Å². The third kappa shape index (κ3) is 8.16. The molecule has 0 fully saturated rings. The second-order valence-electron chi connectivity index (χ2n) is 10.7. The van der Waals surface area contributed by atoms with E-state index in [9.17, 15) is 39.5 Å². The maximum atomic E-state index is 13.9. The summed E-state index contributed by atoms with van der Waals surface area (Å²) in [5, 5.41) is 11.6. The number of benzene rings is 2. The molecule has 250 valence electrons. The van der Waals surface area contributed by atoms with Crippen LogP contribution in [-0.2, 0) is 51.8 Å². The molecule has 0 aliphatic rings. The molecule has 2 aromatic heterocycles. The zero-order valence-corrected chi connectivity index (χ0v) is 25.2. The molecule has 0 bridgehead atoms. The van der Waals surface area contributed by atoms with Crippen molar-refractivity contribution in [3.8, 4) is 0 Å². The Morgan fingerprint density at radius 2 is 1.43 bits per heavy atom. The van der Waals surface area contributed by atoms with Crippen molar-refractivity contribution in [2.45, 2.75) is 71.0 Å². The second-order valence-corrected chi connectivity index (χ2v) is 10.7. The van der Waals surface area contributed by atoms with Crippen LogP contribution in [0.15, 0.2) is 48.8 Å². The molecular weight excluding hydrogens is 631 g/mol. The van der Waals surface area contributed by atoms with Crippen molar-refractivity contribution in [1.29, 1.82) is 0 Å². The highest BCUT2D eigenvalue weighted by Gasteiger charge is 2.37. The minimum Gasteiger partial charge on any atom is -0.334 e. The van der Waals surface area contributed by atoms with Crippen LogP contribution in [0.2, 0.25) is 0 Å². The summed E-state index contributed by atoms with van der Waals surface area (Å²) in [5.74, 6) is 0.524. The van der Waals surface area contributed by atoms with Gasteiger partial charge in [0, 0.05) is 38.1 Å². The largest absolute Gasteiger partial charge is 0.416 e. The summed E-state index contributed by atoms with van der Waals surface area (Å²) >= 11 is 0. The molecule has 0 aliphatic heterocycles. The van der Waals surface area contributed by atoms with Gasteiger partial charge < -0.3 is 9.47 Å². The highest BCUT2D eigenvalue weighted by atomic mass is 19.4. The molecule has 0 saturated carbocycles. The predicted molar refractivity (Wildman–Crippen MR) is 149 cm³/mol. The van der Waals surface area contributed by atoms with Crippen molar-refractivity contribution in [3.63, 3.8) is 0 Å². The number of aryl methyl sites for hydroxylation is 2. The van der Waals surface area contributed by atoms with Gasteiger partial charge in [0.25, 0.3) is 5.95 Å². The maximum Gasteiger partial charge on any atom is 0.416 e. The fourth-order valence-electron chi connectivity index (χ4n) is 5.26. The number of nitrogens with zero attached hydrogens (tertiary/aromatic N) is 8. The van der Waals surface area contributed by atoms with Crippen molar-refractivity contribution >= 4 is 5.95 Å². The van der Waals surface area contributed by atoms with E-state index in [-0.39, 0.29) is 17.6 Å². The average molecular weight is 663 g/mol. The van der Waals surface area contributed by atoms with Crippen molar-refractivity contribution in [2.24, 2.45) is 7.05 Å². The third-order valence-electron chi connectivity index (χ3n) is 7.44. The van der Waals surface area contributed by atoms with E-state index in [0.29, 0.717) is 37.2 Å². The predicted octanol–water partition coefficient (Wildman–Crippen LogP) is 7.27. The first kappa shape index (κ1) is 34.7. The first-order chi connectivity index (χ1) is 21.4. The van der Waals surface area contributed by atoms with Gasteiger partial charge in [-0.25, -0.2) is 4.98 Å². The Morgan fingerprint density at radius 3 is 1.96 bits per heavy atom. The molecule has 46 heavy (non-hydrogen) atoms. The molecule has 0 aliphatic carbocycles. The minimum absolute atomic E-state index is 0.00480. The molecule has 4 rings (SSSR count). The molecule has 2 aromatic carbocycles. The highest BCUT2D eigenvalue weighted by Crippen LogP contribution is 2.38. The molecule has 2 heterocycles. The lowest BCUT2D eigenvalue weighted by Crippen LogP contribution is -2.29. The summed E-state index contributed by atoms with van der Waals surface area (Å²) in [6, 6.07) is 3.88. The van der Waals surface area contributed by atoms with Crippen LogP contribution in [0.25, 0.3) is 0 Å². The van der Waals surface area contributed by atoms with Gasteiger partial charge in [0.15, 0.2) is 0 Å². The van der Waals surface area contributed by atoms with Crippen LogP contribution in [0.5, 0.6) is 0 Å². The van der Waals surface area contributed by atoms with Gasteiger partial charge >= 0.3 is 18.5 Å². The van der Waals surface area contributed by atoms with Gasteiger partial charge in [0.2, 0.25) is 0 Å². The molecule has 4 aromatic rings. The van der Waals surface area contributed by atoms with E-state index < -0.39 is 59.9 Å². The van der Waals surface area contributed by atoms with Crippen molar-refractivity contribution < 1.29 is 39.5 Å². The molecule has 0 radical (unpaired) electrons. The fourth-order valence-corrected chi connectivity index (χ4v) is 5.26. The molecule has 8 nitrogen and oxygen atoms in total. The van der Waals surface area contributed by atoms with E-state index >= 15 is 0 Å². The normalized spacial score (nSPS) is 13.4. The van der Waals surface area contributed by atoms with Crippen LogP contribution in [0.4, 0.5) is 45.5 Å². The Morgan fingerprint density at radius 1 is 0.804 bits per heavy atom. The SMILES string of the molecule is CCC(c1ccc(C(F)(F)F)cc1CN(Cc1cc(C(F)(F)F)cc(C(F)(F)F)c1)c1nnn(C)n1)N(C)Cc1nccn1CC. The molecule has 0 N–H and O–H groups in total. The lowest BCUT2D eigenvalue weighted by atomic mass is 9.94. The number of alkyl halides is 9. The topological polar surface area (TPSA) is 67.9 Å². The van der Waals surface area contributed by atoms with Crippen LogP contribution in [0.3, 0.4) is 0 Å². The Bertz CT molecular complexity index is 1590. The van der Waals surface area contributed by atoms with Crippen LogP contribution in [0, 0.1) is 0 Å². The van der Waals surface area contributed by atoms with Crippen molar-refractivity contribution in [1.82, 2.24) is 34.7 Å². The quantitative estimate of drug-likeness (QED) is 0.158. The van der Waals surface area contributed by atoms with Crippen LogP contribution in [-0.4, -0.2) is 41.7 Å². The lowest BCUT2D eigenvalue weighted by Gasteiger charge is -2.31. The van der Waals surface area contributed by atoms with E-state index in [1.165, 1.54) is 18.0 Å². The molecule has 17 heteroatoms. The number of imidazole rings is 1. The van der Waals surface area contributed by atoms with Gasteiger partial charge in [0.1, 0.15) is 5.82 Å². The zero-order valence-electron chi connectivity index (χ0n) is 25.2. The van der Waals surface area contributed by atoms with Crippen molar-refractivity contribution in [2.75, 3.05) is 11.9 Å². The van der Waals surface area contributed by atoms with Gasteiger partial charge in [-0.05, 0) is 72.6 Å². The monoisotopic (exact) mass is 662 g/mol. The van der Waals surface area contributed by atoms with E-state index in [2.05, 4.69) is 20.4 Å². The number of hydrogen-bond donors (Lipinski definition) is 0. The van der Waals surface area contributed by atoms with E-state index in [1.54, 1.807) is 19.4 Å². The maximum absolute atomic E-state index is 13.9. The van der Waals surface area contributed by atoms with Crippen molar-refractivity contribution in [3.05, 3.63) is 88.0 Å². The lowest BCUT2D eigenvalue weighted by molar-refractivity contribution is -0.143. The molecular formula is C29H31F9N8. The Hall–Kier alpha value is -4.15. The first-order valence-electron chi connectivity index (χ1n) is 14.1. The molecule has 0 spiro atoms. The number of tetrazole rings is 1. The summed E-state index contributed by atoms with van der Waals surface area (Å²) in [6.07, 6.45) is -11.0. The van der Waals surface area contributed by atoms with Gasteiger partial charge in [-0.15, -0.1) is 5.10 Å². The summed E-state index contributed by atoms with van der Waals surface area (Å²) in [5.41, 5.74) is -3.83. The molecule has 0 amide bonds. The molecule has 1 atom stereocenters. The molecule has 0 saturated heterocycles. The van der Waals surface area contributed by atoms with E-state index in [4.69, 9.17) is 0 Å². The van der Waals surface area contributed by atoms with Crippen LogP contribution >= 0.6 is 0 Å². The number of hydrogen-bond acceptors (Lipinski definition) is 6. The Labute approximate surface area is 258 Å². The standard InChI is InChI=1S/C29H31F9N8/c1-5-24(43(3)17-25-39-9-10-45(25)6-2)23-8-7-20(27(30,31)32)13-19(23)16-46(26-40-42-44(4)41-26)15-18-11-21(28(33,34)35)14-22(12-18)29(36,37)38/h7-14,24H,5-6,15-17H2,1-4H3. The Balaban J connectivity index is 1.80. The van der Waals surface area contributed by atoms with Gasteiger partial charge in [0.05, 0.1) is 30.3 Å². The smallest absolute Gasteiger partial charge is 0.334 e. The summed E-state index contributed by atoms with van der Waals surface area (Å²) in [4.78, 5) is 8.49. The fraction of sp³-hybridized carbons (Fsp3) is 0.448. The van der Waals surface area contributed by atoms with Gasteiger partial charge in [-0.3, -0.25) is 4.90 Å². The van der Waals surface area contributed by atoms with E-state index in [0.717, 1.165) is 22.8 Å². The van der Waals surface area contributed by atoms with E-state index in [1.807, 2.05) is 23.3 Å². The number of aromatic nitrogens is 6. The Kier molecular flexibility index (Phi) is 10.0. The number of anilines is 1. The minimum atomic E-state index is -5.09. The third-order valence-corrected chi connectivity index (χ3v) is 7.44. The average Bonchev–Trinajstić information content (AvgIpc) is 3.60. The van der Waals surface area contributed by atoms with Gasteiger partial charge in [-0.2, -0.15) is 44.3 Å². The van der Waals surface area contributed by atoms with Crippen LogP contribution < -0.4 is 4.90 Å². The number of rotatable bonds is 11. The zero-order chi connectivity index (χ0) is 34.0. The highest BCUT2D eigenvalue weighted by molar-refractivity contribution is 5.42. The second kappa shape index (κ2) is 13.3. The first-order valence-corrected chi connectivity index (χ1v) is 14.1. The summed E-state index contributed by atoms with van der Waals surface area (Å²) < 4.78 is 125. The van der Waals surface area contributed by atoms with Crippen LogP contribution in [0.1, 0.15) is 65.5 Å². The summed E-state index contributed by atoms with van der Waals surface area (Å²) in [7, 11) is 3.17. The molecule has 1 unspecified atom stereocenters.